The monoisotopic (exact) mass is 268 g/mol. The summed E-state index contributed by atoms with van der Waals surface area (Å²) in [4.78, 5) is 23.9. The molecule has 100 valence electrons. The third-order valence-electron chi connectivity index (χ3n) is 3.11. The van der Waals surface area contributed by atoms with E-state index < -0.39 is 0 Å². The van der Waals surface area contributed by atoms with Crippen LogP contribution in [0.25, 0.3) is 10.9 Å². The summed E-state index contributed by atoms with van der Waals surface area (Å²) in [5.41, 5.74) is 1.20. The van der Waals surface area contributed by atoms with Crippen molar-refractivity contribution in [1.82, 2.24) is 10.2 Å². The summed E-state index contributed by atoms with van der Waals surface area (Å²) in [6.45, 7) is 0. The van der Waals surface area contributed by atoms with Crippen LogP contribution in [0.15, 0.2) is 47.1 Å². The number of nitrogens with zero attached hydrogens (tertiary/aromatic N) is 1. The Morgan fingerprint density at radius 2 is 1.85 bits per heavy atom. The molecular formula is C15H12N2O3. The van der Waals surface area contributed by atoms with Crippen LogP contribution in [0.4, 0.5) is 0 Å². The molecule has 1 aromatic carbocycles. The standard InChI is InChI=1S/C15H12N2O3/c18-12(14-6-3-9-20-14)7-8-13(19)15-10-4-1-2-5-11(10)16-17-15/h1-6,9H,7-8H2,(H,16,17). The summed E-state index contributed by atoms with van der Waals surface area (Å²) in [5, 5.41) is 7.62. The van der Waals surface area contributed by atoms with Crippen LogP contribution in [-0.4, -0.2) is 21.8 Å². The van der Waals surface area contributed by atoms with Crippen molar-refractivity contribution >= 4 is 22.5 Å². The molecule has 0 aliphatic carbocycles. The highest BCUT2D eigenvalue weighted by atomic mass is 16.3. The number of H-pyrrole nitrogens is 1. The van der Waals surface area contributed by atoms with Gasteiger partial charge in [0.15, 0.2) is 17.3 Å². The van der Waals surface area contributed by atoms with E-state index >= 15 is 0 Å². The number of Topliss-reactive ketones (excluding diaryl/α,β-unsaturated/α-hetero) is 2. The molecule has 5 heteroatoms. The minimum atomic E-state index is -0.178. The molecule has 0 saturated carbocycles. The number of ketones is 2. The van der Waals surface area contributed by atoms with Crippen molar-refractivity contribution in [3.05, 3.63) is 54.1 Å². The van der Waals surface area contributed by atoms with Crippen LogP contribution in [0.5, 0.6) is 0 Å². The average molecular weight is 268 g/mol. The first-order valence-corrected chi connectivity index (χ1v) is 6.29. The maximum Gasteiger partial charge on any atom is 0.198 e. The van der Waals surface area contributed by atoms with Gasteiger partial charge in [0.1, 0.15) is 5.69 Å². The quantitative estimate of drug-likeness (QED) is 0.722. The number of fused-ring (bicyclic) bond motifs is 1. The number of carbonyl (C=O) groups excluding carboxylic acids is 2. The molecule has 0 amide bonds. The van der Waals surface area contributed by atoms with Crippen molar-refractivity contribution in [2.24, 2.45) is 0 Å². The number of hydrogen-bond donors (Lipinski definition) is 1. The van der Waals surface area contributed by atoms with Crippen molar-refractivity contribution < 1.29 is 14.0 Å². The van der Waals surface area contributed by atoms with Crippen molar-refractivity contribution in [1.29, 1.82) is 0 Å². The molecule has 1 N–H and O–H groups in total. The number of nitrogens with one attached hydrogen (secondary N) is 1. The zero-order chi connectivity index (χ0) is 13.9. The number of furan rings is 1. The fourth-order valence-electron chi connectivity index (χ4n) is 2.08. The molecule has 0 spiro atoms. The van der Waals surface area contributed by atoms with Gasteiger partial charge in [0.25, 0.3) is 0 Å². The first-order valence-electron chi connectivity index (χ1n) is 6.29. The number of hydrogen-bond acceptors (Lipinski definition) is 4. The van der Waals surface area contributed by atoms with Gasteiger partial charge in [-0.25, -0.2) is 0 Å². The molecule has 0 saturated heterocycles. The maximum atomic E-state index is 12.1. The Morgan fingerprint density at radius 1 is 1.05 bits per heavy atom. The Kier molecular flexibility index (Phi) is 3.16. The van der Waals surface area contributed by atoms with Gasteiger partial charge in [0, 0.05) is 18.2 Å². The van der Waals surface area contributed by atoms with Crippen LogP contribution in [-0.2, 0) is 0 Å². The maximum absolute atomic E-state index is 12.1. The van der Waals surface area contributed by atoms with Gasteiger partial charge >= 0.3 is 0 Å². The van der Waals surface area contributed by atoms with Crippen molar-refractivity contribution in [3.8, 4) is 0 Å². The number of carbonyl (C=O) groups is 2. The lowest BCUT2D eigenvalue weighted by Crippen LogP contribution is -2.05. The van der Waals surface area contributed by atoms with E-state index in [9.17, 15) is 9.59 Å². The van der Waals surface area contributed by atoms with Crippen LogP contribution < -0.4 is 0 Å². The summed E-state index contributed by atoms with van der Waals surface area (Å²) in [7, 11) is 0. The van der Waals surface area contributed by atoms with E-state index in [2.05, 4.69) is 10.2 Å². The van der Waals surface area contributed by atoms with E-state index in [0.717, 1.165) is 10.9 Å². The lowest BCUT2D eigenvalue weighted by molar-refractivity contribution is 0.0901. The predicted molar refractivity (Wildman–Crippen MR) is 72.7 cm³/mol. The fourth-order valence-corrected chi connectivity index (χ4v) is 2.08. The Hall–Kier alpha value is -2.69. The van der Waals surface area contributed by atoms with Gasteiger partial charge in [0.05, 0.1) is 11.8 Å². The van der Waals surface area contributed by atoms with Gasteiger partial charge in [-0.05, 0) is 18.2 Å². The third-order valence-corrected chi connectivity index (χ3v) is 3.11. The molecule has 3 rings (SSSR count). The molecule has 0 aliphatic heterocycles. The Labute approximate surface area is 114 Å². The zero-order valence-electron chi connectivity index (χ0n) is 10.6. The molecule has 3 aromatic rings. The highest BCUT2D eigenvalue weighted by Gasteiger charge is 2.16. The summed E-state index contributed by atoms with van der Waals surface area (Å²) >= 11 is 0. The highest BCUT2D eigenvalue weighted by Crippen LogP contribution is 2.17. The van der Waals surface area contributed by atoms with Crippen LogP contribution in [0.3, 0.4) is 0 Å². The topological polar surface area (TPSA) is 76.0 Å². The molecular weight excluding hydrogens is 256 g/mol. The fraction of sp³-hybridized carbons (Fsp3) is 0.133. The lowest BCUT2D eigenvalue weighted by Gasteiger charge is -1.97. The van der Waals surface area contributed by atoms with E-state index in [4.69, 9.17) is 4.42 Å². The van der Waals surface area contributed by atoms with Gasteiger partial charge in [-0.3, -0.25) is 14.7 Å². The summed E-state index contributed by atoms with van der Waals surface area (Å²) in [6.07, 6.45) is 1.68. The van der Waals surface area contributed by atoms with Crippen LogP contribution in [0, 0.1) is 0 Å². The van der Waals surface area contributed by atoms with E-state index in [1.54, 1.807) is 12.1 Å². The number of aromatic amines is 1. The minimum absolute atomic E-state index is 0.119. The van der Waals surface area contributed by atoms with E-state index in [1.165, 1.54) is 6.26 Å². The van der Waals surface area contributed by atoms with E-state index in [-0.39, 0.29) is 30.2 Å². The lowest BCUT2D eigenvalue weighted by atomic mass is 10.1. The number of aromatic nitrogens is 2. The second-order valence-electron chi connectivity index (χ2n) is 4.44. The van der Waals surface area contributed by atoms with E-state index in [1.807, 2.05) is 24.3 Å². The van der Waals surface area contributed by atoms with Gasteiger partial charge in [0.2, 0.25) is 0 Å². The summed E-state index contributed by atoms with van der Waals surface area (Å²) < 4.78 is 5.01. The Morgan fingerprint density at radius 3 is 2.65 bits per heavy atom. The van der Waals surface area contributed by atoms with Gasteiger partial charge in [-0.1, -0.05) is 18.2 Å². The Balaban J connectivity index is 1.72. The van der Waals surface area contributed by atoms with Crippen LogP contribution in [0.1, 0.15) is 33.9 Å². The number of rotatable bonds is 5. The SMILES string of the molecule is O=C(CCC(=O)c1n[nH]c2ccccc12)c1ccco1. The molecule has 0 aliphatic rings. The molecule has 0 fully saturated rings. The molecule has 5 nitrogen and oxygen atoms in total. The average Bonchev–Trinajstić information content (AvgIpc) is 3.13. The summed E-state index contributed by atoms with van der Waals surface area (Å²) in [5.74, 6) is -0.0461. The molecule has 0 bridgehead atoms. The molecule has 20 heavy (non-hydrogen) atoms. The first kappa shape index (κ1) is 12.3. The smallest absolute Gasteiger partial charge is 0.198 e. The van der Waals surface area contributed by atoms with Crippen LogP contribution in [0.2, 0.25) is 0 Å². The molecule has 0 atom stereocenters. The minimum Gasteiger partial charge on any atom is -0.461 e. The predicted octanol–water partition coefficient (Wildman–Crippen LogP) is 3.00. The van der Waals surface area contributed by atoms with Crippen molar-refractivity contribution in [2.75, 3.05) is 0 Å². The molecule has 0 radical (unpaired) electrons. The summed E-state index contributed by atoms with van der Waals surface area (Å²) in [6, 6.07) is 10.7. The molecule has 2 aromatic heterocycles. The zero-order valence-corrected chi connectivity index (χ0v) is 10.6. The molecule has 2 heterocycles. The largest absolute Gasteiger partial charge is 0.461 e. The second-order valence-corrected chi connectivity index (χ2v) is 4.44. The number of benzene rings is 1. The van der Waals surface area contributed by atoms with Gasteiger partial charge in [-0.15, -0.1) is 0 Å². The van der Waals surface area contributed by atoms with Gasteiger partial charge < -0.3 is 4.42 Å². The molecule has 0 unspecified atom stereocenters. The first-order chi connectivity index (χ1) is 9.75. The van der Waals surface area contributed by atoms with Crippen molar-refractivity contribution in [2.45, 2.75) is 12.8 Å². The van der Waals surface area contributed by atoms with Crippen molar-refractivity contribution in [3.63, 3.8) is 0 Å². The Bertz CT molecular complexity index is 756. The second kappa shape index (κ2) is 5.13. The highest BCUT2D eigenvalue weighted by molar-refractivity contribution is 6.07. The number of para-hydroxylation sites is 1. The van der Waals surface area contributed by atoms with Gasteiger partial charge in [-0.2, -0.15) is 5.10 Å². The third kappa shape index (κ3) is 2.25. The normalized spacial score (nSPS) is 10.8. The van der Waals surface area contributed by atoms with Crippen LogP contribution >= 0.6 is 0 Å². The van der Waals surface area contributed by atoms with E-state index in [0.29, 0.717) is 5.69 Å².